The number of amides is 1. The normalized spacial score (nSPS) is 19.9. The number of alkyl halides is 3. The van der Waals surface area contributed by atoms with E-state index in [0.29, 0.717) is 19.4 Å². The molecule has 2 heterocycles. The fourth-order valence-corrected chi connectivity index (χ4v) is 2.53. The third-order valence-corrected chi connectivity index (χ3v) is 3.54. The molecule has 1 aliphatic rings. The van der Waals surface area contributed by atoms with Crippen molar-refractivity contribution in [2.75, 3.05) is 19.6 Å². The van der Waals surface area contributed by atoms with E-state index in [4.69, 9.17) is 0 Å². The Balaban J connectivity index is 1.85. The van der Waals surface area contributed by atoms with Crippen molar-refractivity contribution in [1.82, 2.24) is 15.2 Å². The van der Waals surface area contributed by atoms with E-state index in [2.05, 4.69) is 10.3 Å². The van der Waals surface area contributed by atoms with Crippen molar-refractivity contribution >= 4 is 5.91 Å². The van der Waals surface area contributed by atoms with Crippen LogP contribution in [0.5, 0.6) is 0 Å². The Bertz CT molecular complexity index is 521. The van der Waals surface area contributed by atoms with Crippen LogP contribution in [0, 0.1) is 11.7 Å². The molecule has 1 amide bonds. The van der Waals surface area contributed by atoms with E-state index in [9.17, 15) is 22.4 Å². The topological polar surface area (TPSA) is 45.2 Å². The van der Waals surface area contributed by atoms with E-state index >= 15 is 0 Å². The molecule has 1 aliphatic heterocycles. The van der Waals surface area contributed by atoms with Gasteiger partial charge in [0.05, 0.1) is 24.7 Å². The van der Waals surface area contributed by atoms with Gasteiger partial charge in [-0.1, -0.05) is 0 Å². The second-order valence-electron chi connectivity index (χ2n) is 5.34. The number of carbonyl (C=O) groups excluding carboxylic acids is 1. The van der Waals surface area contributed by atoms with Gasteiger partial charge in [-0.25, -0.2) is 4.39 Å². The van der Waals surface area contributed by atoms with Gasteiger partial charge in [-0.2, -0.15) is 13.2 Å². The summed E-state index contributed by atoms with van der Waals surface area (Å²) < 4.78 is 50.6. The number of nitrogens with zero attached hydrogens (tertiary/aromatic N) is 2. The number of pyridine rings is 1. The van der Waals surface area contributed by atoms with Crippen LogP contribution >= 0.6 is 0 Å². The van der Waals surface area contributed by atoms with E-state index < -0.39 is 24.5 Å². The maximum Gasteiger partial charge on any atom is 0.401 e. The minimum atomic E-state index is -4.27. The summed E-state index contributed by atoms with van der Waals surface area (Å²) in [4.78, 5) is 17.1. The fourth-order valence-electron chi connectivity index (χ4n) is 2.53. The minimum absolute atomic E-state index is 0.0655. The number of rotatable bonds is 4. The first-order valence-corrected chi connectivity index (χ1v) is 7.01. The van der Waals surface area contributed by atoms with Crippen LogP contribution in [0.4, 0.5) is 17.6 Å². The number of halogens is 4. The first-order valence-electron chi connectivity index (χ1n) is 7.01. The molecule has 0 saturated carbocycles. The Kier molecular flexibility index (Phi) is 5.33. The zero-order valence-corrected chi connectivity index (χ0v) is 11.9. The predicted octanol–water partition coefficient (Wildman–Crippen LogP) is 2.11. The summed E-state index contributed by atoms with van der Waals surface area (Å²) in [5, 5.41) is 2.54. The quantitative estimate of drug-likeness (QED) is 0.865. The smallest absolute Gasteiger partial charge is 0.350 e. The molecule has 0 radical (unpaired) electrons. The van der Waals surface area contributed by atoms with Gasteiger partial charge in [0.25, 0.3) is 0 Å². The zero-order chi connectivity index (χ0) is 16.2. The molecule has 1 fully saturated rings. The molecule has 1 N–H and O–H groups in total. The second kappa shape index (κ2) is 7.04. The van der Waals surface area contributed by atoms with Gasteiger partial charge in [-0.15, -0.1) is 0 Å². The second-order valence-corrected chi connectivity index (χ2v) is 5.34. The average Bonchev–Trinajstić information content (AvgIpc) is 2.44. The summed E-state index contributed by atoms with van der Waals surface area (Å²) in [6.45, 7) is -0.679. The third-order valence-electron chi connectivity index (χ3n) is 3.54. The van der Waals surface area contributed by atoms with Gasteiger partial charge in [-0.05, 0) is 31.5 Å². The lowest BCUT2D eigenvalue weighted by Gasteiger charge is -2.32. The van der Waals surface area contributed by atoms with Crippen molar-refractivity contribution < 1.29 is 22.4 Å². The molecule has 122 valence electrons. The first-order chi connectivity index (χ1) is 10.3. The molecule has 22 heavy (non-hydrogen) atoms. The number of nitrogens with one attached hydrogen (secondary N) is 1. The molecule has 1 saturated heterocycles. The van der Waals surface area contributed by atoms with Gasteiger partial charge in [-0.3, -0.25) is 14.7 Å². The standard InChI is InChI=1S/C14H17F4N3O/c15-11-4-1-5-19-12(11)7-20-13(22)10-3-2-6-21(8-10)9-14(16,17)18/h1,4-5,10H,2-3,6-9H2,(H,20,22). The largest absolute Gasteiger partial charge is 0.401 e. The van der Waals surface area contributed by atoms with Crippen LogP contribution < -0.4 is 5.32 Å². The minimum Gasteiger partial charge on any atom is -0.350 e. The van der Waals surface area contributed by atoms with Crippen molar-refractivity contribution in [3.63, 3.8) is 0 Å². The lowest BCUT2D eigenvalue weighted by Crippen LogP contribution is -2.46. The molecule has 1 unspecified atom stereocenters. The number of piperidine rings is 1. The van der Waals surface area contributed by atoms with Crippen LogP contribution in [0.25, 0.3) is 0 Å². The molecule has 0 spiro atoms. The molecular weight excluding hydrogens is 302 g/mol. The first kappa shape index (κ1) is 16.7. The van der Waals surface area contributed by atoms with Gasteiger partial charge in [0.15, 0.2) is 0 Å². The fraction of sp³-hybridized carbons (Fsp3) is 0.571. The highest BCUT2D eigenvalue weighted by atomic mass is 19.4. The van der Waals surface area contributed by atoms with Crippen LogP contribution in [0.15, 0.2) is 18.3 Å². The number of hydrogen-bond donors (Lipinski definition) is 1. The van der Waals surface area contributed by atoms with E-state index in [1.165, 1.54) is 23.2 Å². The molecule has 8 heteroatoms. The monoisotopic (exact) mass is 319 g/mol. The van der Waals surface area contributed by atoms with Crippen molar-refractivity contribution in [2.45, 2.75) is 25.6 Å². The van der Waals surface area contributed by atoms with E-state index in [1.807, 2.05) is 0 Å². The number of carbonyl (C=O) groups is 1. The summed E-state index contributed by atoms with van der Waals surface area (Å²) in [6.07, 6.45) is -1.79. The molecule has 0 bridgehead atoms. The Morgan fingerprint density at radius 1 is 1.45 bits per heavy atom. The summed E-state index contributed by atoms with van der Waals surface area (Å²) in [6, 6.07) is 2.68. The molecule has 4 nitrogen and oxygen atoms in total. The van der Waals surface area contributed by atoms with E-state index in [-0.39, 0.29) is 24.7 Å². The van der Waals surface area contributed by atoms with Gasteiger partial charge in [0.2, 0.25) is 5.91 Å². The Hall–Kier alpha value is -1.70. The summed E-state index contributed by atoms with van der Waals surface area (Å²) in [5.41, 5.74) is 0.110. The molecule has 2 rings (SSSR count). The Morgan fingerprint density at radius 2 is 2.23 bits per heavy atom. The van der Waals surface area contributed by atoms with Gasteiger partial charge in [0.1, 0.15) is 5.82 Å². The van der Waals surface area contributed by atoms with Crippen LogP contribution in [0.1, 0.15) is 18.5 Å². The number of hydrogen-bond acceptors (Lipinski definition) is 3. The Labute approximate surface area is 125 Å². The summed E-state index contributed by atoms with van der Waals surface area (Å²) in [7, 11) is 0. The van der Waals surface area contributed by atoms with E-state index in [0.717, 1.165) is 0 Å². The lowest BCUT2D eigenvalue weighted by molar-refractivity contribution is -0.152. The number of likely N-dealkylation sites (tertiary alicyclic amines) is 1. The highest BCUT2D eigenvalue weighted by molar-refractivity contribution is 5.78. The highest BCUT2D eigenvalue weighted by Gasteiger charge is 2.34. The average molecular weight is 319 g/mol. The molecule has 1 aromatic rings. The van der Waals surface area contributed by atoms with Crippen molar-refractivity contribution in [3.8, 4) is 0 Å². The lowest BCUT2D eigenvalue weighted by atomic mass is 9.97. The molecular formula is C14H17F4N3O. The zero-order valence-electron chi connectivity index (χ0n) is 11.9. The van der Waals surface area contributed by atoms with Crippen LogP contribution in [0.2, 0.25) is 0 Å². The molecule has 1 atom stereocenters. The van der Waals surface area contributed by atoms with Gasteiger partial charge >= 0.3 is 6.18 Å². The van der Waals surface area contributed by atoms with Crippen molar-refractivity contribution in [3.05, 3.63) is 29.8 Å². The maximum absolute atomic E-state index is 13.4. The van der Waals surface area contributed by atoms with Gasteiger partial charge in [0, 0.05) is 12.7 Å². The predicted molar refractivity (Wildman–Crippen MR) is 71.3 cm³/mol. The van der Waals surface area contributed by atoms with Gasteiger partial charge < -0.3 is 5.32 Å². The van der Waals surface area contributed by atoms with Crippen molar-refractivity contribution in [2.24, 2.45) is 5.92 Å². The van der Waals surface area contributed by atoms with E-state index in [1.54, 1.807) is 0 Å². The van der Waals surface area contributed by atoms with Crippen LogP contribution in [-0.4, -0.2) is 41.6 Å². The van der Waals surface area contributed by atoms with Crippen LogP contribution in [-0.2, 0) is 11.3 Å². The summed E-state index contributed by atoms with van der Waals surface area (Å²) in [5.74, 6) is -1.40. The number of aromatic nitrogens is 1. The highest BCUT2D eigenvalue weighted by Crippen LogP contribution is 2.22. The summed E-state index contributed by atoms with van der Waals surface area (Å²) >= 11 is 0. The van der Waals surface area contributed by atoms with Crippen LogP contribution in [0.3, 0.4) is 0 Å². The Morgan fingerprint density at radius 3 is 2.91 bits per heavy atom. The van der Waals surface area contributed by atoms with Crippen molar-refractivity contribution in [1.29, 1.82) is 0 Å². The molecule has 1 aromatic heterocycles. The molecule has 0 aliphatic carbocycles. The molecule has 0 aromatic carbocycles. The SMILES string of the molecule is O=C(NCc1ncccc1F)C1CCCN(CC(F)(F)F)C1. The third kappa shape index (κ3) is 4.94. The maximum atomic E-state index is 13.4.